The Morgan fingerprint density at radius 1 is 1.42 bits per heavy atom. The summed E-state index contributed by atoms with van der Waals surface area (Å²) in [5, 5.41) is 16.3. The minimum Gasteiger partial charge on any atom is -0.480 e. The molecule has 0 saturated carbocycles. The fourth-order valence-corrected chi connectivity index (χ4v) is 2.03. The fourth-order valence-electron chi connectivity index (χ4n) is 2.03. The van der Waals surface area contributed by atoms with E-state index in [-0.39, 0.29) is 18.9 Å². The molecule has 1 unspecified atom stereocenters. The van der Waals surface area contributed by atoms with E-state index >= 15 is 0 Å². The number of amides is 1. The summed E-state index contributed by atoms with van der Waals surface area (Å²) in [6.45, 7) is 1.73. The van der Waals surface area contributed by atoms with Crippen LogP contribution in [0.1, 0.15) is 18.5 Å². The number of aromatic nitrogens is 3. The zero-order chi connectivity index (χ0) is 13.8. The molecule has 1 aromatic heterocycles. The van der Waals surface area contributed by atoms with Gasteiger partial charge in [0, 0.05) is 25.7 Å². The number of likely N-dealkylation sites (tertiary alicyclic amines) is 1. The van der Waals surface area contributed by atoms with Gasteiger partial charge in [0.05, 0.1) is 5.69 Å². The Bertz CT molecular complexity index is 467. The number of aliphatic carboxylic acids is 1. The Kier molecular flexibility index (Phi) is 4.10. The summed E-state index contributed by atoms with van der Waals surface area (Å²) in [4.78, 5) is 24.3. The van der Waals surface area contributed by atoms with Gasteiger partial charge in [0.2, 0.25) is 5.91 Å². The van der Waals surface area contributed by atoms with Gasteiger partial charge in [-0.2, -0.15) is 0 Å². The molecule has 3 N–H and O–H groups in total. The maximum Gasteiger partial charge on any atom is 0.320 e. The second-order valence-electron chi connectivity index (χ2n) is 4.64. The van der Waals surface area contributed by atoms with Gasteiger partial charge in [-0.3, -0.25) is 9.59 Å². The van der Waals surface area contributed by atoms with Crippen LogP contribution in [-0.2, 0) is 22.6 Å². The summed E-state index contributed by atoms with van der Waals surface area (Å²) in [6, 6.07) is -1.00. The second-order valence-corrected chi connectivity index (χ2v) is 4.64. The van der Waals surface area contributed by atoms with Crippen LogP contribution in [0.4, 0.5) is 0 Å². The van der Waals surface area contributed by atoms with Crippen molar-refractivity contribution in [1.82, 2.24) is 19.9 Å². The maximum atomic E-state index is 11.9. The molecule has 8 heteroatoms. The lowest BCUT2D eigenvalue weighted by Crippen LogP contribution is -2.32. The van der Waals surface area contributed by atoms with Crippen molar-refractivity contribution >= 4 is 11.9 Å². The topological polar surface area (TPSA) is 114 Å². The van der Waals surface area contributed by atoms with Crippen molar-refractivity contribution in [3.8, 4) is 0 Å². The Morgan fingerprint density at radius 3 is 2.74 bits per heavy atom. The average molecular weight is 267 g/mol. The molecule has 0 bridgehead atoms. The third-order valence-electron chi connectivity index (χ3n) is 3.09. The van der Waals surface area contributed by atoms with Gasteiger partial charge < -0.3 is 15.7 Å². The third kappa shape index (κ3) is 3.50. The molecule has 1 fully saturated rings. The van der Waals surface area contributed by atoms with E-state index in [9.17, 15) is 9.59 Å². The van der Waals surface area contributed by atoms with Gasteiger partial charge in [-0.25, -0.2) is 4.68 Å². The number of carbonyl (C=O) groups is 2. The molecular weight excluding hydrogens is 250 g/mol. The van der Waals surface area contributed by atoms with Gasteiger partial charge in [0.15, 0.2) is 0 Å². The Balaban J connectivity index is 1.89. The molecule has 2 heterocycles. The Hall–Kier alpha value is -1.96. The third-order valence-corrected chi connectivity index (χ3v) is 3.09. The average Bonchev–Trinajstić information content (AvgIpc) is 3.00. The van der Waals surface area contributed by atoms with E-state index in [1.807, 2.05) is 0 Å². The van der Waals surface area contributed by atoms with Crippen LogP contribution in [0.3, 0.4) is 0 Å². The van der Waals surface area contributed by atoms with Crippen LogP contribution in [0.15, 0.2) is 6.20 Å². The van der Waals surface area contributed by atoms with Gasteiger partial charge in [-0.15, -0.1) is 5.10 Å². The number of rotatable bonds is 5. The van der Waals surface area contributed by atoms with E-state index in [0.29, 0.717) is 5.69 Å². The lowest BCUT2D eigenvalue weighted by molar-refractivity contribution is -0.138. The molecule has 0 spiro atoms. The largest absolute Gasteiger partial charge is 0.480 e. The number of carboxylic acid groups (broad SMARTS) is 1. The molecule has 104 valence electrons. The number of nitrogens with two attached hydrogens (primary N) is 1. The van der Waals surface area contributed by atoms with E-state index in [1.165, 1.54) is 4.68 Å². The molecule has 1 aliphatic heterocycles. The molecule has 8 nitrogen and oxygen atoms in total. The van der Waals surface area contributed by atoms with Crippen LogP contribution in [0, 0.1) is 0 Å². The zero-order valence-electron chi connectivity index (χ0n) is 10.5. The number of hydrogen-bond acceptors (Lipinski definition) is 5. The lowest BCUT2D eigenvalue weighted by Gasteiger charge is -2.14. The van der Waals surface area contributed by atoms with Crippen molar-refractivity contribution in [2.45, 2.75) is 31.8 Å². The van der Waals surface area contributed by atoms with E-state index in [2.05, 4.69) is 10.3 Å². The molecule has 0 aromatic carbocycles. The summed E-state index contributed by atoms with van der Waals surface area (Å²) < 4.78 is 1.42. The zero-order valence-corrected chi connectivity index (χ0v) is 10.5. The van der Waals surface area contributed by atoms with Crippen molar-refractivity contribution in [3.05, 3.63) is 11.9 Å². The van der Waals surface area contributed by atoms with E-state index in [1.54, 1.807) is 11.1 Å². The molecule has 1 saturated heterocycles. The molecule has 2 rings (SSSR count). The highest BCUT2D eigenvalue weighted by Crippen LogP contribution is 2.08. The molecular formula is C11H17N5O3. The standard InChI is InChI=1S/C11H17N5O3/c12-9(11(18)19)5-8-6-16(14-13-8)7-10(17)15-3-1-2-4-15/h6,9H,1-5,7,12H2,(H,18,19). The maximum absolute atomic E-state index is 11.9. The van der Waals surface area contributed by atoms with Crippen LogP contribution in [0.5, 0.6) is 0 Å². The first-order valence-electron chi connectivity index (χ1n) is 6.21. The molecule has 1 aromatic rings. The molecule has 19 heavy (non-hydrogen) atoms. The van der Waals surface area contributed by atoms with Crippen molar-refractivity contribution in [1.29, 1.82) is 0 Å². The molecule has 1 aliphatic rings. The summed E-state index contributed by atoms with van der Waals surface area (Å²) in [6.07, 6.45) is 3.76. The number of hydrogen-bond donors (Lipinski definition) is 2. The highest BCUT2D eigenvalue weighted by Gasteiger charge is 2.19. The van der Waals surface area contributed by atoms with Gasteiger partial charge >= 0.3 is 5.97 Å². The first-order chi connectivity index (χ1) is 9.06. The van der Waals surface area contributed by atoms with Gasteiger partial charge in [-0.1, -0.05) is 5.21 Å². The molecule has 1 atom stereocenters. The summed E-state index contributed by atoms with van der Waals surface area (Å²) >= 11 is 0. The molecule has 0 radical (unpaired) electrons. The van der Waals surface area contributed by atoms with Crippen molar-refractivity contribution in [2.75, 3.05) is 13.1 Å². The summed E-state index contributed by atoms with van der Waals surface area (Å²) in [7, 11) is 0. The first-order valence-corrected chi connectivity index (χ1v) is 6.21. The van der Waals surface area contributed by atoms with Crippen molar-refractivity contribution in [3.63, 3.8) is 0 Å². The molecule has 1 amide bonds. The van der Waals surface area contributed by atoms with E-state index in [4.69, 9.17) is 10.8 Å². The van der Waals surface area contributed by atoms with Crippen LogP contribution >= 0.6 is 0 Å². The minimum atomic E-state index is -1.08. The first kappa shape index (κ1) is 13.5. The highest BCUT2D eigenvalue weighted by molar-refractivity contribution is 5.76. The van der Waals surface area contributed by atoms with Crippen molar-refractivity contribution < 1.29 is 14.7 Å². The van der Waals surface area contributed by atoms with Gasteiger partial charge in [-0.05, 0) is 12.8 Å². The van der Waals surface area contributed by atoms with Crippen LogP contribution in [0.2, 0.25) is 0 Å². The van der Waals surface area contributed by atoms with Gasteiger partial charge in [0.25, 0.3) is 0 Å². The number of carbonyl (C=O) groups excluding carboxylic acids is 1. The lowest BCUT2D eigenvalue weighted by atomic mass is 10.2. The monoisotopic (exact) mass is 267 g/mol. The second kappa shape index (κ2) is 5.79. The normalized spacial score (nSPS) is 16.6. The smallest absolute Gasteiger partial charge is 0.320 e. The summed E-state index contributed by atoms with van der Waals surface area (Å²) in [5.74, 6) is -1.07. The number of nitrogens with zero attached hydrogens (tertiary/aromatic N) is 4. The predicted molar refractivity (Wildman–Crippen MR) is 65.2 cm³/mol. The van der Waals surface area contributed by atoms with Crippen LogP contribution in [-0.4, -0.2) is 56.0 Å². The summed E-state index contributed by atoms with van der Waals surface area (Å²) in [5.41, 5.74) is 5.88. The highest BCUT2D eigenvalue weighted by atomic mass is 16.4. The van der Waals surface area contributed by atoms with E-state index < -0.39 is 12.0 Å². The van der Waals surface area contributed by atoms with Crippen LogP contribution < -0.4 is 5.73 Å². The predicted octanol–water partition coefficient (Wildman–Crippen LogP) is -1.15. The number of carboxylic acids is 1. The Morgan fingerprint density at radius 2 is 2.11 bits per heavy atom. The molecule has 0 aliphatic carbocycles. The SMILES string of the molecule is NC(Cc1cn(CC(=O)N2CCCC2)nn1)C(=O)O. The Labute approximate surface area is 110 Å². The van der Waals surface area contributed by atoms with Crippen molar-refractivity contribution in [2.24, 2.45) is 5.73 Å². The van der Waals surface area contributed by atoms with Crippen LogP contribution in [0.25, 0.3) is 0 Å². The fraction of sp³-hybridized carbons (Fsp3) is 0.636. The quantitative estimate of drug-likeness (QED) is 0.696. The van der Waals surface area contributed by atoms with Gasteiger partial charge in [0.1, 0.15) is 12.6 Å². The minimum absolute atomic E-state index is 0.0106. The van der Waals surface area contributed by atoms with E-state index in [0.717, 1.165) is 25.9 Å².